The van der Waals surface area contributed by atoms with Crippen molar-refractivity contribution in [3.63, 3.8) is 0 Å². The van der Waals surface area contributed by atoms with Crippen LogP contribution in [0.4, 0.5) is 0 Å². The monoisotopic (exact) mass is 379 g/mol. The number of hydrogen-bond acceptors (Lipinski definition) is 7. The molecular formula is C20H21N5O3. The van der Waals surface area contributed by atoms with Crippen molar-refractivity contribution in [3.05, 3.63) is 66.2 Å². The Morgan fingerprint density at radius 1 is 1.14 bits per heavy atom. The third kappa shape index (κ3) is 4.11. The molecule has 1 aromatic carbocycles. The number of hydrogen-bond donors (Lipinski definition) is 0. The van der Waals surface area contributed by atoms with Crippen molar-refractivity contribution in [2.45, 2.75) is 32.7 Å². The molecular weight excluding hydrogens is 358 g/mol. The maximum atomic E-state index is 5.57. The van der Waals surface area contributed by atoms with E-state index in [0.29, 0.717) is 24.0 Å². The van der Waals surface area contributed by atoms with Gasteiger partial charge >= 0.3 is 0 Å². The van der Waals surface area contributed by atoms with Gasteiger partial charge in [-0.25, -0.2) is 9.97 Å². The Morgan fingerprint density at radius 2 is 2.00 bits per heavy atom. The van der Waals surface area contributed by atoms with Gasteiger partial charge in [0.1, 0.15) is 17.8 Å². The Balaban J connectivity index is 1.33. The molecule has 3 heterocycles. The number of oxazole rings is 1. The van der Waals surface area contributed by atoms with Gasteiger partial charge in [0.05, 0.1) is 19.2 Å². The molecule has 144 valence electrons. The maximum absolute atomic E-state index is 5.57. The minimum Gasteiger partial charge on any atom is -0.497 e. The molecule has 0 unspecified atom stereocenters. The summed E-state index contributed by atoms with van der Waals surface area (Å²) in [4.78, 5) is 13.2. The second kappa shape index (κ2) is 8.08. The SMILES string of the molecule is COc1ccc(-c2nc(Cc3noc(CCCn4ccnc4C)n3)co2)cc1. The standard InChI is InChI=1S/C20H21N5O3/c1-14-21-9-11-25(14)10-3-4-19-23-18(24-28-19)12-16-13-27-20(22-16)15-5-7-17(26-2)8-6-15/h5-9,11,13H,3-4,10,12H2,1-2H3. The van der Waals surface area contributed by atoms with Crippen molar-refractivity contribution in [1.82, 2.24) is 24.7 Å². The molecule has 0 saturated heterocycles. The fraction of sp³-hybridized carbons (Fsp3) is 0.300. The van der Waals surface area contributed by atoms with E-state index in [1.165, 1.54) is 0 Å². The van der Waals surface area contributed by atoms with E-state index < -0.39 is 0 Å². The summed E-state index contributed by atoms with van der Waals surface area (Å²) >= 11 is 0. The third-order valence-electron chi connectivity index (χ3n) is 4.45. The zero-order valence-corrected chi connectivity index (χ0v) is 15.8. The van der Waals surface area contributed by atoms with Crippen LogP contribution >= 0.6 is 0 Å². The van der Waals surface area contributed by atoms with Crippen LogP contribution in [-0.2, 0) is 19.4 Å². The highest BCUT2D eigenvalue weighted by atomic mass is 16.5. The summed E-state index contributed by atoms with van der Waals surface area (Å²) in [5.41, 5.74) is 1.64. The number of aromatic nitrogens is 5. The van der Waals surface area contributed by atoms with Gasteiger partial charge in [-0.3, -0.25) is 0 Å². The summed E-state index contributed by atoms with van der Waals surface area (Å²) in [6, 6.07) is 7.55. The molecule has 0 amide bonds. The molecule has 8 nitrogen and oxygen atoms in total. The average molecular weight is 379 g/mol. The zero-order valence-electron chi connectivity index (χ0n) is 15.8. The van der Waals surface area contributed by atoms with Crippen LogP contribution in [-0.4, -0.2) is 31.8 Å². The largest absolute Gasteiger partial charge is 0.497 e. The van der Waals surface area contributed by atoms with E-state index in [2.05, 4.69) is 24.7 Å². The first-order valence-electron chi connectivity index (χ1n) is 9.09. The molecule has 0 aliphatic carbocycles. The van der Waals surface area contributed by atoms with Crippen molar-refractivity contribution in [2.24, 2.45) is 0 Å². The average Bonchev–Trinajstić information content (AvgIpc) is 3.45. The van der Waals surface area contributed by atoms with Crippen LogP contribution in [0.15, 0.2) is 51.9 Å². The lowest BCUT2D eigenvalue weighted by molar-refractivity contribution is 0.368. The number of aryl methyl sites for hydroxylation is 3. The van der Waals surface area contributed by atoms with E-state index in [4.69, 9.17) is 13.7 Å². The van der Waals surface area contributed by atoms with Gasteiger partial charge in [-0.05, 0) is 37.6 Å². The number of imidazole rings is 1. The Bertz CT molecular complexity index is 1030. The van der Waals surface area contributed by atoms with Gasteiger partial charge in [-0.15, -0.1) is 0 Å². The molecule has 0 saturated carbocycles. The molecule has 4 aromatic rings. The van der Waals surface area contributed by atoms with Crippen LogP contribution in [0.25, 0.3) is 11.5 Å². The van der Waals surface area contributed by atoms with Crippen molar-refractivity contribution in [3.8, 4) is 17.2 Å². The molecule has 0 aliphatic rings. The Hall–Kier alpha value is -3.42. The Labute approximate surface area is 162 Å². The van der Waals surface area contributed by atoms with E-state index in [1.54, 1.807) is 19.6 Å². The van der Waals surface area contributed by atoms with Gasteiger partial charge in [0.25, 0.3) is 0 Å². The molecule has 0 fully saturated rings. The first-order valence-corrected chi connectivity index (χ1v) is 9.09. The number of methoxy groups -OCH3 is 1. The number of benzene rings is 1. The van der Waals surface area contributed by atoms with Crippen LogP contribution in [0.5, 0.6) is 5.75 Å². The summed E-state index contributed by atoms with van der Waals surface area (Å²) < 4.78 is 18.2. The summed E-state index contributed by atoms with van der Waals surface area (Å²) in [6.07, 6.45) is 7.49. The lowest BCUT2D eigenvalue weighted by Gasteiger charge is -2.02. The highest BCUT2D eigenvalue weighted by Crippen LogP contribution is 2.22. The maximum Gasteiger partial charge on any atom is 0.226 e. The van der Waals surface area contributed by atoms with Crippen LogP contribution in [0.2, 0.25) is 0 Å². The van der Waals surface area contributed by atoms with Gasteiger partial charge in [-0.2, -0.15) is 4.98 Å². The highest BCUT2D eigenvalue weighted by Gasteiger charge is 2.12. The second-order valence-electron chi connectivity index (χ2n) is 6.43. The predicted molar refractivity (Wildman–Crippen MR) is 101 cm³/mol. The quantitative estimate of drug-likeness (QED) is 0.463. The minimum atomic E-state index is 0.462. The highest BCUT2D eigenvalue weighted by molar-refractivity contribution is 5.54. The smallest absolute Gasteiger partial charge is 0.226 e. The fourth-order valence-electron chi connectivity index (χ4n) is 2.92. The van der Waals surface area contributed by atoms with Gasteiger partial charge in [0, 0.05) is 30.9 Å². The topological polar surface area (TPSA) is 92.0 Å². The van der Waals surface area contributed by atoms with Crippen LogP contribution in [0.1, 0.15) is 29.7 Å². The van der Waals surface area contributed by atoms with Crippen molar-refractivity contribution >= 4 is 0 Å². The van der Waals surface area contributed by atoms with Gasteiger partial charge in [-0.1, -0.05) is 5.16 Å². The van der Waals surface area contributed by atoms with Gasteiger partial charge in [0.2, 0.25) is 11.8 Å². The second-order valence-corrected chi connectivity index (χ2v) is 6.43. The summed E-state index contributed by atoms with van der Waals surface area (Å²) in [7, 11) is 1.64. The van der Waals surface area contributed by atoms with Crippen molar-refractivity contribution in [1.29, 1.82) is 0 Å². The zero-order chi connectivity index (χ0) is 19.3. The molecule has 0 aliphatic heterocycles. The molecule has 0 radical (unpaired) electrons. The van der Waals surface area contributed by atoms with Crippen LogP contribution in [0, 0.1) is 6.92 Å². The van der Waals surface area contributed by atoms with Gasteiger partial charge in [0.15, 0.2) is 5.82 Å². The Morgan fingerprint density at radius 3 is 2.75 bits per heavy atom. The number of ether oxygens (including phenoxy) is 1. The molecule has 3 aromatic heterocycles. The van der Waals surface area contributed by atoms with Gasteiger partial charge < -0.3 is 18.2 Å². The fourth-order valence-corrected chi connectivity index (χ4v) is 2.92. The lowest BCUT2D eigenvalue weighted by Crippen LogP contribution is -2.01. The normalized spacial score (nSPS) is 11.1. The van der Waals surface area contributed by atoms with Crippen molar-refractivity contribution < 1.29 is 13.7 Å². The predicted octanol–water partition coefficient (Wildman–Crippen LogP) is 3.46. The molecule has 0 N–H and O–H groups in total. The van der Waals surface area contributed by atoms with E-state index in [9.17, 15) is 0 Å². The number of rotatable bonds is 8. The third-order valence-corrected chi connectivity index (χ3v) is 4.45. The van der Waals surface area contributed by atoms with E-state index in [0.717, 1.165) is 42.2 Å². The molecule has 0 spiro atoms. The first kappa shape index (κ1) is 18.0. The summed E-state index contributed by atoms with van der Waals surface area (Å²) in [5.74, 6) is 3.58. The lowest BCUT2D eigenvalue weighted by atomic mass is 10.2. The minimum absolute atomic E-state index is 0.462. The van der Waals surface area contributed by atoms with E-state index in [1.807, 2.05) is 37.4 Å². The number of nitrogens with zero attached hydrogens (tertiary/aromatic N) is 5. The summed E-state index contributed by atoms with van der Waals surface area (Å²) in [5, 5.41) is 4.05. The first-order chi connectivity index (χ1) is 13.7. The van der Waals surface area contributed by atoms with Crippen molar-refractivity contribution in [2.75, 3.05) is 7.11 Å². The molecule has 4 rings (SSSR count). The molecule has 0 bridgehead atoms. The molecule has 8 heteroatoms. The Kier molecular flexibility index (Phi) is 5.18. The molecule has 28 heavy (non-hydrogen) atoms. The summed E-state index contributed by atoms with van der Waals surface area (Å²) in [6.45, 7) is 2.86. The van der Waals surface area contributed by atoms with Crippen LogP contribution < -0.4 is 4.74 Å². The molecule has 0 atom stereocenters. The van der Waals surface area contributed by atoms with Crippen LogP contribution in [0.3, 0.4) is 0 Å². The van der Waals surface area contributed by atoms with E-state index >= 15 is 0 Å². The van der Waals surface area contributed by atoms with E-state index in [-0.39, 0.29) is 0 Å².